The molecular weight excluding hydrogens is 391 g/mol. The van der Waals surface area contributed by atoms with Gasteiger partial charge in [0.15, 0.2) is 5.11 Å². The van der Waals surface area contributed by atoms with Crippen LogP contribution in [-0.4, -0.2) is 5.11 Å². The summed E-state index contributed by atoms with van der Waals surface area (Å²) in [5, 5.41) is 7.00. The Kier molecular flexibility index (Phi) is 5.97. The van der Waals surface area contributed by atoms with Gasteiger partial charge in [-0.15, -0.1) is 11.3 Å². The minimum atomic E-state index is 0.0564. The van der Waals surface area contributed by atoms with Crippen LogP contribution in [0.15, 0.2) is 66.0 Å². The van der Waals surface area contributed by atoms with Crippen molar-refractivity contribution in [2.75, 3.05) is 10.2 Å². The smallest absolute Gasteiger partial charge is 0.178 e. The van der Waals surface area contributed by atoms with E-state index in [1.807, 2.05) is 48.5 Å². The molecule has 25 heavy (non-hydrogen) atoms. The number of nitrogens with zero attached hydrogens (tertiary/aromatic N) is 1. The zero-order valence-corrected chi connectivity index (χ0v) is 16.6. The van der Waals surface area contributed by atoms with E-state index in [1.54, 1.807) is 17.4 Å². The van der Waals surface area contributed by atoms with E-state index in [2.05, 4.69) is 28.6 Å². The molecule has 1 unspecified atom stereocenters. The first kappa shape index (κ1) is 18.2. The Labute approximate surface area is 167 Å². The van der Waals surface area contributed by atoms with E-state index in [-0.39, 0.29) is 6.04 Å². The Hall–Kier alpha value is -1.59. The molecule has 3 rings (SSSR count). The number of benzene rings is 2. The number of thiocarbonyl (C=S) groups is 1. The zero-order valence-electron chi connectivity index (χ0n) is 13.4. The molecule has 1 atom stereocenters. The van der Waals surface area contributed by atoms with E-state index in [9.17, 15) is 0 Å². The molecule has 0 fully saturated rings. The largest absolute Gasteiger partial charge is 0.332 e. The highest BCUT2D eigenvalue weighted by atomic mass is 35.5. The highest BCUT2D eigenvalue weighted by Gasteiger charge is 2.22. The SMILES string of the molecule is CC(c1cccs1)N(C(=S)Nc1ccccc1)c1ccc(Cl)c(Cl)c1. The van der Waals surface area contributed by atoms with Crippen LogP contribution in [0.25, 0.3) is 0 Å². The van der Waals surface area contributed by atoms with Crippen molar-refractivity contribution in [2.45, 2.75) is 13.0 Å². The van der Waals surface area contributed by atoms with E-state index >= 15 is 0 Å². The van der Waals surface area contributed by atoms with Gasteiger partial charge < -0.3 is 10.2 Å². The average molecular weight is 407 g/mol. The summed E-state index contributed by atoms with van der Waals surface area (Å²) in [5.74, 6) is 0. The van der Waals surface area contributed by atoms with Gasteiger partial charge in [0, 0.05) is 16.3 Å². The van der Waals surface area contributed by atoms with Crippen LogP contribution in [0.4, 0.5) is 11.4 Å². The summed E-state index contributed by atoms with van der Waals surface area (Å²) in [7, 11) is 0. The Morgan fingerprint density at radius 1 is 1.04 bits per heavy atom. The lowest BCUT2D eigenvalue weighted by Crippen LogP contribution is -2.36. The van der Waals surface area contributed by atoms with Crippen LogP contribution in [-0.2, 0) is 0 Å². The summed E-state index contributed by atoms with van der Waals surface area (Å²) in [6.07, 6.45) is 0. The van der Waals surface area contributed by atoms with E-state index in [0.29, 0.717) is 15.2 Å². The predicted molar refractivity (Wildman–Crippen MR) is 114 cm³/mol. The van der Waals surface area contributed by atoms with Crippen LogP contribution in [0.2, 0.25) is 10.0 Å². The molecule has 0 amide bonds. The third-order valence-electron chi connectivity index (χ3n) is 3.77. The van der Waals surface area contributed by atoms with Crippen LogP contribution in [0.1, 0.15) is 17.8 Å². The van der Waals surface area contributed by atoms with Gasteiger partial charge in [-0.1, -0.05) is 47.5 Å². The standard InChI is InChI=1S/C19H16Cl2N2S2/c1-13(18-8-5-11-25-18)23(15-9-10-16(20)17(21)12-15)19(24)22-14-6-3-2-4-7-14/h2-13H,1H3,(H,22,24). The van der Waals surface area contributed by atoms with E-state index in [1.165, 1.54) is 4.88 Å². The number of hydrogen-bond acceptors (Lipinski definition) is 2. The minimum Gasteiger partial charge on any atom is -0.332 e. The number of rotatable bonds is 4. The Morgan fingerprint density at radius 2 is 1.80 bits per heavy atom. The quantitative estimate of drug-likeness (QED) is 0.468. The molecule has 2 aromatic carbocycles. The first-order valence-electron chi connectivity index (χ1n) is 7.70. The van der Waals surface area contributed by atoms with Crippen molar-refractivity contribution in [3.8, 4) is 0 Å². The van der Waals surface area contributed by atoms with E-state index in [0.717, 1.165) is 11.4 Å². The number of halogens is 2. The molecule has 3 aromatic rings. The molecule has 1 aromatic heterocycles. The van der Waals surface area contributed by atoms with E-state index < -0.39 is 0 Å². The molecule has 0 bridgehead atoms. The van der Waals surface area contributed by atoms with Crippen molar-refractivity contribution in [2.24, 2.45) is 0 Å². The molecule has 1 heterocycles. The monoisotopic (exact) mass is 406 g/mol. The van der Waals surface area contributed by atoms with Gasteiger partial charge in [-0.25, -0.2) is 0 Å². The maximum absolute atomic E-state index is 6.23. The third kappa shape index (κ3) is 4.33. The molecule has 0 spiro atoms. The summed E-state index contributed by atoms with van der Waals surface area (Å²) in [6.45, 7) is 2.12. The summed E-state index contributed by atoms with van der Waals surface area (Å²) in [4.78, 5) is 3.26. The number of thiophene rings is 1. The van der Waals surface area contributed by atoms with Crippen molar-refractivity contribution >= 4 is 63.2 Å². The average Bonchev–Trinajstić information content (AvgIpc) is 3.14. The fraction of sp³-hybridized carbons (Fsp3) is 0.105. The molecule has 0 aliphatic rings. The highest BCUT2D eigenvalue weighted by Crippen LogP contribution is 2.34. The normalized spacial score (nSPS) is 11.8. The van der Waals surface area contributed by atoms with Gasteiger partial charge in [-0.05, 0) is 60.9 Å². The molecule has 0 radical (unpaired) electrons. The lowest BCUT2D eigenvalue weighted by Gasteiger charge is -2.31. The summed E-state index contributed by atoms with van der Waals surface area (Å²) in [6, 6.07) is 19.6. The van der Waals surface area contributed by atoms with Crippen molar-refractivity contribution in [1.82, 2.24) is 0 Å². The lowest BCUT2D eigenvalue weighted by atomic mass is 10.2. The number of hydrogen-bond donors (Lipinski definition) is 1. The van der Waals surface area contributed by atoms with Gasteiger partial charge in [0.05, 0.1) is 16.1 Å². The molecule has 128 valence electrons. The van der Waals surface area contributed by atoms with Crippen LogP contribution < -0.4 is 10.2 Å². The van der Waals surface area contributed by atoms with Gasteiger partial charge in [0.2, 0.25) is 0 Å². The van der Waals surface area contributed by atoms with E-state index in [4.69, 9.17) is 35.4 Å². The van der Waals surface area contributed by atoms with Gasteiger partial charge in [0.25, 0.3) is 0 Å². The second-order valence-electron chi connectivity index (χ2n) is 5.46. The molecule has 0 aliphatic heterocycles. The van der Waals surface area contributed by atoms with Crippen molar-refractivity contribution in [3.63, 3.8) is 0 Å². The Balaban J connectivity index is 1.96. The third-order valence-corrected chi connectivity index (χ3v) is 5.85. The predicted octanol–water partition coefficient (Wildman–Crippen LogP) is 7.02. The van der Waals surface area contributed by atoms with Gasteiger partial charge in [-0.3, -0.25) is 0 Å². The van der Waals surface area contributed by atoms with Gasteiger partial charge in [-0.2, -0.15) is 0 Å². The second kappa shape index (κ2) is 8.19. The minimum absolute atomic E-state index is 0.0564. The number of para-hydroxylation sites is 1. The molecule has 1 N–H and O–H groups in total. The summed E-state index contributed by atoms with van der Waals surface area (Å²) >= 11 is 19.7. The molecule has 6 heteroatoms. The Bertz CT molecular complexity index is 851. The highest BCUT2D eigenvalue weighted by molar-refractivity contribution is 7.80. The molecular formula is C19H16Cl2N2S2. The maximum atomic E-state index is 6.23. The number of anilines is 2. The molecule has 2 nitrogen and oxygen atoms in total. The van der Waals surface area contributed by atoms with Crippen LogP contribution in [0, 0.1) is 0 Å². The maximum Gasteiger partial charge on any atom is 0.178 e. The number of nitrogens with one attached hydrogen (secondary N) is 1. The van der Waals surface area contributed by atoms with Crippen molar-refractivity contribution in [1.29, 1.82) is 0 Å². The summed E-state index contributed by atoms with van der Waals surface area (Å²) in [5.41, 5.74) is 1.83. The van der Waals surface area contributed by atoms with Crippen molar-refractivity contribution < 1.29 is 0 Å². The van der Waals surface area contributed by atoms with Crippen LogP contribution >= 0.6 is 46.8 Å². The second-order valence-corrected chi connectivity index (χ2v) is 7.64. The van der Waals surface area contributed by atoms with Crippen LogP contribution in [0.5, 0.6) is 0 Å². The molecule has 0 saturated heterocycles. The first-order valence-corrected chi connectivity index (χ1v) is 9.74. The topological polar surface area (TPSA) is 15.3 Å². The Morgan fingerprint density at radius 3 is 2.44 bits per heavy atom. The van der Waals surface area contributed by atoms with Crippen LogP contribution in [0.3, 0.4) is 0 Å². The van der Waals surface area contributed by atoms with Gasteiger partial charge in [0.1, 0.15) is 0 Å². The zero-order chi connectivity index (χ0) is 17.8. The lowest BCUT2D eigenvalue weighted by molar-refractivity contribution is 0.814. The van der Waals surface area contributed by atoms with Crippen molar-refractivity contribution in [3.05, 3.63) is 81.0 Å². The summed E-state index contributed by atoms with van der Waals surface area (Å²) < 4.78 is 0. The first-order chi connectivity index (χ1) is 12.1. The fourth-order valence-electron chi connectivity index (χ4n) is 2.51. The fourth-order valence-corrected chi connectivity index (χ4v) is 3.96. The van der Waals surface area contributed by atoms with Gasteiger partial charge >= 0.3 is 0 Å². The molecule has 0 aliphatic carbocycles. The molecule has 0 saturated carbocycles.